The van der Waals surface area contributed by atoms with Gasteiger partial charge in [-0.2, -0.15) is 0 Å². The van der Waals surface area contributed by atoms with E-state index in [1.54, 1.807) is 12.1 Å². The number of hydrogen-bond donors (Lipinski definition) is 0. The van der Waals surface area contributed by atoms with Gasteiger partial charge in [-0.05, 0) is 26.0 Å². The average Bonchev–Trinajstić information content (AvgIpc) is 2.48. The first kappa shape index (κ1) is 18.1. The number of carbonyl (C=O) groups excluding carboxylic acids is 1. The number of ether oxygens (including phenoxy) is 2. The lowest BCUT2D eigenvalue weighted by atomic mass is 10.1. The summed E-state index contributed by atoms with van der Waals surface area (Å²) < 4.78 is 10.7. The molecule has 0 aromatic heterocycles. The Morgan fingerprint density at radius 2 is 1.67 bits per heavy atom. The molecule has 0 aliphatic rings. The molecule has 0 saturated carbocycles. The summed E-state index contributed by atoms with van der Waals surface area (Å²) in [6.45, 7) is 8.23. The molecule has 5 heteroatoms. The number of halogens is 1. The average molecular weight is 314 g/mol. The van der Waals surface area contributed by atoms with Gasteiger partial charge in [0.25, 0.3) is 0 Å². The van der Waals surface area contributed by atoms with Gasteiger partial charge in [-0.15, -0.1) is 0 Å². The molecule has 0 N–H and O–H groups in total. The Morgan fingerprint density at radius 3 is 2.19 bits per heavy atom. The highest BCUT2D eigenvalue weighted by Crippen LogP contribution is 2.15. The molecule has 1 rings (SSSR count). The third-order valence-electron chi connectivity index (χ3n) is 3.05. The number of ketones is 1. The lowest BCUT2D eigenvalue weighted by molar-refractivity contribution is 0.0725. The first-order valence-corrected chi connectivity index (χ1v) is 7.72. The molecule has 0 heterocycles. The van der Waals surface area contributed by atoms with Gasteiger partial charge in [0.15, 0.2) is 5.78 Å². The summed E-state index contributed by atoms with van der Waals surface area (Å²) in [6, 6.07) is 7.14. The molecule has 1 aromatic rings. The minimum Gasteiger partial charge on any atom is -0.380 e. The third kappa shape index (κ3) is 7.05. The van der Waals surface area contributed by atoms with Crippen LogP contribution < -0.4 is 0 Å². The third-order valence-corrected chi connectivity index (χ3v) is 3.38. The number of Topliss-reactive ketones (excluding diaryl/α,β-unsaturated/α-hetero) is 1. The van der Waals surface area contributed by atoms with Gasteiger partial charge in [0.1, 0.15) is 0 Å². The van der Waals surface area contributed by atoms with E-state index in [1.807, 2.05) is 30.9 Å². The highest BCUT2D eigenvalue weighted by atomic mass is 35.5. The van der Waals surface area contributed by atoms with Crippen LogP contribution in [-0.2, 0) is 9.47 Å². The summed E-state index contributed by atoms with van der Waals surface area (Å²) >= 11 is 6.07. The van der Waals surface area contributed by atoms with E-state index in [9.17, 15) is 4.79 Å². The van der Waals surface area contributed by atoms with Crippen LogP contribution in [0.4, 0.5) is 0 Å². The number of carbonyl (C=O) groups is 1. The SMILES string of the molecule is CCOCCN(CCOCC)CC(=O)c1ccccc1Cl. The van der Waals surface area contributed by atoms with Crippen molar-refractivity contribution in [3.8, 4) is 0 Å². The molecule has 0 atom stereocenters. The fourth-order valence-electron chi connectivity index (χ4n) is 1.92. The quantitative estimate of drug-likeness (QED) is 0.465. The summed E-state index contributed by atoms with van der Waals surface area (Å²) in [7, 11) is 0. The zero-order valence-corrected chi connectivity index (χ0v) is 13.6. The van der Waals surface area contributed by atoms with Crippen LogP contribution in [0.15, 0.2) is 24.3 Å². The second kappa shape index (κ2) is 10.7. The van der Waals surface area contributed by atoms with Crippen LogP contribution in [0.5, 0.6) is 0 Å². The summed E-state index contributed by atoms with van der Waals surface area (Å²) in [6.07, 6.45) is 0. The van der Waals surface area contributed by atoms with Gasteiger partial charge in [-0.3, -0.25) is 9.69 Å². The van der Waals surface area contributed by atoms with Gasteiger partial charge < -0.3 is 9.47 Å². The molecule has 0 amide bonds. The molecule has 0 aliphatic carbocycles. The van der Waals surface area contributed by atoms with Crippen LogP contribution in [0, 0.1) is 0 Å². The Balaban J connectivity index is 2.57. The number of benzene rings is 1. The fraction of sp³-hybridized carbons (Fsp3) is 0.562. The van der Waals surface area contributed by atoms with Crippen molar-refractivity contribution in [1.82, 2.24) is 4.90 Å². The molecule has 0 aliphatic heterocycles. The lowest BCUT2D eigenvalue weighted by Crippen LogP contribution is -2.35. The van der Waals surface area contributed by atoms with E-state index in [2.05, 4.69) is 0 Å². The van der Waals surface area contributed by atoms with Gasteiger partial charge in [0.2, 0.25) is 0 Å². The molecule has 0 unspecified atom stereocenters. The zero-order valence-electron chi connectivity index (χ0n) is 12.8. The highest BCUT2D eigenvalue weighted by Gasteiger charge is 2.14. The Bertz CT molecular complexity index is 416. The fourth-order valence-corrected chi connectivity index (χ4v) is 2.16. The van der Waals surface area contributed by atoms with Crippen molar-refractivity contribution in [1.29, 1.82) is 0 Å². The maximum Gasteiger partial charge on any atom is 0.178 e. The Labute approximate surface area is 132 Å². The van der Waals surface area contributed by atoms with E-state index in [0.29, 0.717) is 56.6 Å². The standard InChI is InChI=1S/C16H24ClNO3/c1-3-20-11-9-18(10-12-21-4-2)13-16(19)14-7-5-6-8-15(14)17/h5-8H,3-4,9-13H2,1-2H3. The molecule has 0 spiro atoms. The van der Waals surface area contributed by atoms with Gasteiger partial charge in [0, 0.05) is 31.9 Å². The molecule has 21 heavy (non-hydrogen) atoms. The van der Waals surface area contributed by atoms with Crippen LogP contribution in [0.25, 0.3) is 0 Å². The van der Waals surface area contributed by atoms with E-state index < -0.39 is 0 Å². The Hall–Kier alpha value is -0.940. The van der Waals surface area contributed by atoms with E-state index in [0.717, 1.165) is 0 Å². The molecular formula is C16H24ClNO3. The van der Waals surface area contributed by atoms with Crippen LogP contribution in [0.2, 0.25) is 5.02 Å². The van der Waals surface area contributed by atoms with Crippen LogP contribution in [0.1, 0.15) is 24.2 Å². The normalized spacial score (nSPS) is 11.0. The van der Waals surface area contributed by atoms with E-state index >= 15 is 0 Å². The van der Waals surface area contributed by atoms with Gasteiger partial charge >= 0.3 is 0 Å². The van der Waals surface area contributed by atoms with Gasteiger partial charge in [-0.25, -0.2) is 0 Å². The lowest BCUT2D eigenvalue weighted by Gasteiger charge is -2.21. The largest absolute Gasteiger partial charge is 0.380 e. The Kier molecular flexibility index (Phi) is 9.26. The highest BCUT2D eigenvalue weighted by molar-refractivity contribution is 6.34. The first-order valence-electron chi connectivity index (χ1n) is 7.34. The monoisotopic (exact) mass is 313 g/mol. The van der Waals surface area contributed by atoms with Crippen LogP contribution in [-0.4, -0.2) is 56.7 Å². The number of nitrogens with zero attached hydrogens (tertiary/aromatic N) is 1. The second-order valence-corrected chi connectivity index (χ2v) is 4.98. The topological polar surface area (TPSA) is 38.8 Å². The minimum atomic E-state index is 0.0218. The number of rotatable bonds is 11. The molecular weight excluding hydrogens is 290 g/mol. The number of hydrogen-bond acceptors (Lipinski definition) is 4. The molecule has 0 fully saturated rings. The molecule has 0 radical (unpaired) electrons. The smallest absolute Gasteiger partial charge is 0.178 e. The summed E-state index contributed by atoms with van der Waals surface area (Å²) in [4.78, 5) is 14.4. The predicted octanol–water partition coefficient (Wildman–Crippen LogP) is 2.90. The molecule has 118 valence electrons. The minimum absolute atomic E-state index is 0.0218. The van der Waals surface area contributed by atoms with Gasteiger partial charge in [-0.1, -0.05) is 23.7 Å². The van der Waals surface area contributed by atoms with Crippen molar-refractivity contribution in [2.75, 3.05) is 46.1 Å². The zero-order chi connectivity index (χ0) is 15.5. The molecule has 0 bridgehead atoms. The van der Waals surface area contributed by atoms with Crippen LogP contribution in [0.3, 0.4) is 0 Å². The first-order chi connectivity index (χ1) is 10.2. The van der Waals surface area contributed by atoms with Gasteiger partial charge in [0.05, 0.1) is 24.8 Å². The molecule has 4 nitrogen and oxygen atoms in total. The Morgan fingerprint density at radius 1 is 1.10 bits per heavy atom. The maximum atomic E-state index is 12.3. The van der Waals surface area contributed by atoms with E-state index in [1.165, 1.54) is 0 Å². The van der Waals surface area contributed by atoms with Crippen molar-refractivity contribution in [2.24, 2.45) is 0 Å². The molecule has 0 saturated heterocycles. The predicted molar refractivity (Wildman–Crippen MR) is 85.2 cm³/mol. The van der Waals surface area contributed by atoms with Crippen molar-refractivity contribution < 1.29 is 14.3 Å². The van der Waals surface area contributed by atoms with Crippen molar-refractivity contribution in [3.05, 3.63) is 34.9 Å². The summed E-state index contributed by atoms with van der Waals surface area (Å²) in [5.41, 5.74) is 0.567. The molecule has 1 aromatic carbocycles. The summed E-state index contributed by atoms with van der Waals surface area (Å²) in [5.74, 6) is 0.0218. The summed E-state index contributed by atoms with van der Waals surface area (Å²) in [5, 5.41) is 0.497. The van der Waals surface area contributed by atoms with Crippen molar-refractivity contribution in [2.45, 2.75) is 13.8 Å². The van der Waals surface area contributed by atoms with E-state index in [-0.39, 0.29) is 5.78 Å². The van der Waals surface area contributed by atoms with Crippen LogP contribution >= 0.6 is 11.6 Å². The van der Waals surface area contributed by atoms with E-state index in [4.69, 9.17) is 21.1 Å². The second-order valence-electron chi connectivity index (χ2n) is 4.57. The maximum absolute atomic E-state index is 12.3. The van der Waals surface area contributed by atoms with Crippen molar-refractivity contribution in [3.63, 3.8) is 0 Å². The van der Waals surface area contributed by atoms with Crippen molar-refractivity contribution >= 4 is 17.4 Å².